The van der Waals surface area contributed by atoms with Crippen LogP contribution >= 0.6 is 7.82 Å². The van der Waals surface area contributed by atoms with Crippen LogP contribution in [0.4, 0.5) is 0 Å². The maximum Gasteiger partial charge on any atom is 0.472 e. The molecule has 0 aromatic rings. The second-order valence-corrected chi connectivity index (χ2v) is 10.5. The Morgan fingerprint density at radius 3 is 1.66 bits per heavy atom. The summed E-state index contributed by atoms with van der Waals surface area (Å²) < 4.78 is 25.5. The Bertz CT molecular complexity index is 591. The van der Waals surface area contributed by atoms with Crippen molar-refractivity contribution < 1.29 is 43.0 Å². The topological polar surface area (TPSA) is 166 Å². The normalized spacial score (nSPS) is 14.9. The summed E-state index contributed by atoms with van der Waals surface area (Å²) in [5.74, 6) is -1.85. The number of esters is 1. The number of carbonyl (C=O) groups excluding carboxylic acids is 1. The Kier molecular flexibility index (Phi) is 21.5. The number of aliphatic hydroxyl groups is 1. The molecule has 35 heavy (non-hydrogen) atoms. The number of aliphatic carboxylic acids is 1. The van der Waals surface area contributed by atoms with Crippen LogP contribution in [0, 0.1) is 0 Å². The zero-order chi connectivity index (χ0) is 26.4. The molecule has 0 saturated carbocycles. The highest BCUT2D eigenvalue weighted by Crippen LogP contribution is 2.43. The van der Waals surface area contributed by atoms with Gasteiger partial charge in [0.1, 0.15) is 18.8 Å². The van der Waals surface area contributed by atoms with Crippen molar-refractivity contribution in [1.82, 2.24) is 0 Å². The molecule has 0 aliphatic heterocycles. The molecule has 0 fully saturated rings. The minimum absolute atomic E-state index is 0.251. The summed E-state index contributed by atoms with van der Waals surface area (Å²) in [6, 6.07) is -1.48. The smallest absolute Gasteiger partial charge is 0.472 e. The molecular formula is C24H48NO9P. The highest BCUT2D eigenvalue weighted by atomic mass is 31.2. The van der Waals surface area contributed by atoms with Gasteiger partial charge >= 0.3 is 19.8 Å². The predicted molar refractivity (Wildman–Crippen MR) is 134 cm³/mol. The second-order valence-electron chi connectivity index (χ2n) is 9.04. The van der Waals surface area contributed by atoms with E-state index in [-0.39, 0.29) is 13.0 Å². The molecule has 208 valence electrons. The molecule has 0 aliphatic rings. The first-order valence-electron chi connectivity index (χ1n) is 13.1. The number of phosphoric acid groups is 1. The Morgan fingerprint density at radius 2 is 1.20 bits per heavy atom. The minimum Gasteiger partial charge on any atom is -0.480 e. The van der Waals surface area contributed by atoms with Gasteiger partial charge in [0, 0.05) is 6.42 Å². The molecule has 0 aliphatic carbocycles. The van der Waals surface area contributed by atoms with Crippen LogP contribution in [0.3, 0.4) is 0 Å². The van der Waals surface area contributed by atoms with Crippen molar-refractivity contribution in [2.75, 3.05) is 19.8 Å². The van der Waals surface area contributed by atoms with Crippen molar-refractivity contribution in [1.29, 1.82) is 0 Å². The van der Waals surface area contributed by atoms with Crippen LogP contribution in [-0.4, -0.2) is 59.0 Å². The van der Waals surface area contributed by atoms with Gasteiger partial charge in [-0.15, -0.1) is 0 Å². The SMILES string of the molecule is CCCCCCCCCCCCCCCCCC(=O)OC[C@H](O)COP(=O)(O)OC[C@H](N)C(=O)O. The van der Waals surface area contributed by atoms with Gasteiger partial charge in [-0.25, -0.2) is 4.57 Å². The summed E-state index contributed by atoms with van der Waals surface area (Å²) in [4.78, 5) is 31.7. The molecule has 3 atom stereocenters. The van der Waals surface area contributed by atoms with Gasteiger partial charge in [-0.1, -0.05) is 96.8 Å². The molecule has 0 heterocycles. The van der Waals surface area contributed by atoms with E-state index in [9.17, 15) is 24.2 Å². The number of hydrogen-bond donors (Lipinski definition) is 4. The minimum atomic E-state index is -4.58. The zero-order valence-electron chi connectivity index (χ0n) is 21.4. The summed E-state index contributed by atoms with van der Waals surface area (Å²) in [5.41, 5.74) is 5.16. The number of unbranched alkanes of at least 4 members (excludes halogenated alkanes) is 14. The molecule has 0 rings (SSSR count). The Balaban J connectivity index is 3.55. The van der Waals surface area contributed by atoms with E-state index in [1.807, 2.05) is 0 Å². The number of aliphatic hydroxyl groups excluding tert-OH is 1. The molecular weight excluding hydrogens is 477 g/mol. The van der Waals surface area contributed by atoms with Gasteiger partial charge in [-0.3, -0.25) is 18.6 Å². The van der Waals surface area contributed by atoms with E-state index in [1.54, 1.807) is 0 Å². The molecule has 0 spiro atoms. The molecule has 5 N–H and O–H groups in total. The van der Waals surface area contributed by atoms with Crippen molar-refractivity contribution in [3.63, 3.8) is 0 Å². The lowest BCUT2D eigenvalue weighted by atomic mass is 10.0. The van der Waals surface area contributed by atoms with Crippen molar-refractivity contribution in [2.45, 2.75) is 122 Å². The number of phosphoric ester groups is 1. The molecule has 0 amide bonds. The lowest BCUT2D eigenvalue weighted by Gasteiger charge is -2.16. The molecule has 0 bridgehead atoms. The van der Waals surface area contributed by atoms with Crippen LogP contribution in [0.1, 0.15) is 110 Å². The van der Waals surface area contributed by atoms with Gasteiger partial charge in [0.15, 0.2) is 0 Å². The lowest BCUT2D eigenvalue weighted by molar-refractivity contribution is -0.147. The van der Waals surface area contributed by atoms with Gasteiger partial charge in [0.2, 0.25) is 0 Å². The van der Waals surface area contributed by atoms with E-state index in [2.05, 4.69) is 16.0 Å². The van der Waals surface area contributed by atoms with Crippen molar-refractivity contribution in [3.8, 4) is 0 Å². The maximum atomic E-state index is 11.8. The Morgan fingerprint density at radius 1 is 0.771 bits per heavy atom. The first-order chi connectivity index (χ1) is 16.7. The van der Waals surface area contributed by atoms with E-state index in [0.717, 1.165) is 12.8 Å². The van der Waals surface area contributed by atoms with Crippen molar-refractivity contribution >= 4 is 19.8 Å². The van der Waals surface area contributed by atoms with Gasteiger partial charge in [-0.2, -0.15) is 0 Å². The average molecular weight is 526 g/mol. The summed E-state index contributed by atoms with van der Waals surface area (Å²) in [6.07, 6.45) is 17.5. The second kappa shape index (κ2) is 22.2. The number of carbonyl (C=O) groups is 2. The fraction of sp³-hybridized carbons (Fsp3) is 0.917. The Labute approximate surface area is 210 Å². The predicted octanol–water partition coefficient (Wildman–Crippen LogP) is 4.70. The Hall–Kier alpha value is -1.03. The molecule has 0 aromatic carbocycles. The van der Waals surface area contributed by atoms with Crippen LogP contribution in [0.15, 0.2) is 0 Å². The van der Waals surface area contributed by atoms with Crippen LogP contribution in [0.2, 0.25) is 0 Å². The number of ether oxygens (including phenoxy) is 1. The van der Waals surface area contributed by atoms with Crippen molar-refractivity contribution in [3.05, 3.63) is 0 Å². The number of hydrogen-bond acceptors (Lipinski definition) is 8. The number of nitrogens with two attached hydrogens (primary N) is 1. The molecule has 0 aromatic heterocycles. The van der Waals surface area contributed by atoms with Crippen molar-refractivity contribution in [2.24, 2.45) is 5.73 Å². The number of rotatable bonds is 25. The van der Waals surface area contributed by atoms with E-state index in [4.69, 9.17) is 15.6 Å². The third-order valence-corrected chi connectivity index (χ3v) is 6.54. The third kappa shape index (κ3) is 23.1. The van der Waals surface area contributed by atoms with E-state index in [0.29, 0.717) is 6.42 Å². The maximum absolute atomic E-state index is 11.8. The molecule has 0 saturated heterocycles. The number of carboxylic acids is 1. The van der Waals surface area contributed by atoms with Gasteiger partial charge in [0.25, 0.3) is 0 Å². The fourth-order valence-corrected chi connectivity index (χ4v) is 4.20. The third-order valence-electron chi connectivity index (χ3n) is 5.59. The highest BCUT2D eigenvalue weighted by molar-refractivity contribution is 7.47. The zero-order valence-corrected chi connectivity index (χ0v) is 22.3. The summed E-state index contributed by atoms with van der Waals surface area (Å²) in [6.45, 7) is 0.510. The van der Waals surface area contributed by atoms with Gasteiger partial charge < -0.3 is 25.6 Å². The summed E-state index contributed by atoms with van der Waals surface area (Å²) in [5, 5.41) is 18.3. The summed E-state index contributed by atoms with van der Waals surface area (Å²) >= 11 is 0. The highest BCUT2D eigenvalue weighted by Gasteiger charge is 2.26. The first kappa shape index (κ1) is 34.0. The van der Waals surface area contributed by atoms with Crippen LogP contribution < -0.4 is 5.73 Å². The molecule has 0 radical (unpaired) electrons. The van der Waals surface area contributed by atoms with Crippen LogP contribution in [0.5, 0.6) is 0 Å². The molecule has 11 heteroatoms. The monoisotopic (exact) mass is 525 g/mol. The number of carboxylic acid groups (broad SMARTS) is 1. The quantitative estimate of drug-likeness (QED) is 0.0745. The molecule has 10 nitrogen and oxygen atoms in total. The standard InChI is InChI=1S/C24H48NO9P/c1-2-3-4-5-6-7-8-9-10-11-12-13-14-15-16-17-23(27)32-18-21(26)19-33-35(30,31)34-20-22(25)24(28)29/h21-22,26H,2-20,25H2,1H3,(H,28,29)(H,30,31)/t21-,22-/m0/s1. The lowest BCUT2D eigenvalue weighted by Crippen LogP contribution is -2.34. The fourth-order valence-electron chi connectivity index (χ4n) is 3.41. The van der Waals surface area contributed by atoms with Crippen LogP contribution in [-0.2, 0) is 27.9 Å². The first-order valence-corrected chi connectivity index (χ1v) is 14.6. The van der Waals surface area contributed by atoms with E-state index < -0.39 is 45.1 Å². The molecule has 1 unspecified atom stereocenters. The largest absolute Gasteiger partial charge is 0.480 e. The summed E-state index contributed by atoms with van der Waals surface area (Å²) in [7, 11) is -4.58. The van der Waals surface area contributed by atoms with Crippen LogP contribution in [0.25, 0.3) is 0 Å². The average Bonchev–Trinajstić information content (AvgIpc) is 2.82. The van der Waals surface area contributed by atoms with Gasteiger partial charge in [-0.05, 0) is 6.42 Å². The van der Waals surface area contributed by atoms with E-state index >= 15 is 0 Å². The van der Waals surface area contributed by atoms with Gasteiger partial charge in [0.05, 0.1) is 13.2 Å². The van der Waals surface area contributed by atoms with E-state index in [1.165, 1.54) is 77.0 Å².